The molecule has 1 atom stereocenters. The van der Waals surface area contributed by atoms with E-state index >= 15 is 0 Å². The Balaban J connectivity index is 1.34. The number of carbonyl (C=O) groups excluding carboxylic acids is 2. The Labute approximate surface area is 177 Å². The average Bonchev–Trinajstić information content (AvgIpc) is 3.54. The minimum Gasteiger partial charge on any atom is -0.350 e. The Morgan fingerprint density at radius 2 is 2.16 bits per heavy atom. The number of pyridine rings is 1. The van der Waals surface area contributed by atoms with Crippen molar-refractivity contribution < 1.29 is 9.59 Å². The summed E-state index contributed by atoms with van der Waals surface area (Å²) in [6, 6.07) is 7.80. The zero-order valence-electron chi connectivity index (χ0n) is 16.8. The van der Waals surface area contributed by atoms with Crippen molar-refractivity contribution >= 4 is 28.4 Å². The highest BCUT2D eigenvalue weighted by Gasteiger charge is 2.29. The van der Waals surface area contributed by atoms with Crippen LogP contribution in [0.5, 0.6) is 0 Å². The average molecular weight is 415 g/mol. The first-order valence-electron chi connectivity index (χ1n) is 10.1. The van der Waals surface area contributed by atoms with Crippen molar-refractivity contribution in [2.75, 3.05) is 13.1 Å². The number of aromatic amines is 1. The van der Waals surface area contributed by atoms with Crippen LogP contribution >= 0.6 is 0 Å². The van der Waals surface area contributed by atoms with Gasteiger partial charge in [-0.2, -0.15) is 14.8 Å². The molecule has 5 rings (SSSR count). The van der Waals surface area contributed by atoms with Gasteiger partial charge in [0.25, 0.3) is 0 Å². The summed E-state index contributed by atoms with van der Waals surface area (Å²) in [6.45, 7) is 4.87. The van der Waals surface area contributed by atoms with Crippen molar-refractivity contribution in [3.63, 3.8) is 0 Å². The molecule has 1 saturated heterocycles. The predicted octanol–water partition coefficient (Wildman–Crippen LogP) is 1.92. The molecule has 0 saturated carbocycles. The van der Waals surface area contributed by atoms with Crippen molar-refractivity contribution in [1.82, 2.24) is 35.0 Å². The van der Waals surface area contributed by atoms with Gasteiger partial charge in [-0.05, 0) is 42.3 Å². The number of nitrogens with zero attached hydrogens (tertiary/aromatic N) is 5. The zero-order chi connectivity index (χ0) is 21.4. The first-order chi connectivity index (χ1) is 15.1. The lowest BCUT2D eigenvalue weighted by atomic mass is 10.1. The van der Waals surface area contributed by atoms with Gasteiger partial charge in [0.1, 0.15) is 5.65 Å². The molecular weight excluding hydrogens is 394 g/mol. The number of nitrogens with one attached hydrogen (secondary N) is 2. The Morgan fingerprint density at radius 3 is 3.03 bits per heavy atom. The number of hydrogen-bond acceptors (Lipinski definition) is 5. The van der Waals surface area contributed by atoms with Crippen molar-refractivity contribution in [2.24, 2.45) is 5.92 Å². The van der Waals surface area contributed by atoms with E-state index in [0.717, 1.165) is 33.4 Å². The van der Waals surface area contributed by atoms with E-state index in [1.807, 2.05) is 24.3 Å². The second-order valence-electron chi connectivity index (χ2n) is 7.56. The van der Waals surface area contributed by atoms with Crippen LogP contribution in [0.15, 0.2) is 55.5 Å². The van der Waals surface area contributed by atoms with E-state index in [9.17, 15) is 9.59 Å². The predicted molar refractivity (Wildman–Crippen MR) is 115 cm³/mol. The third kappa shape index (κ3) is 3.43. The lowest BCUT2D eigenvalue weighted by Crippen LogP contribution is -2.33. The molecule has 9 nitrogen and oxygen atoms in total. The molecule has 2 N–H and O–H groups in total. The standard InChI is InChI=1S/C22H21N7O2/c1-2-20(30)28-9-6-14(13-28)22(31)24-11-15-10-17-16(5-8-23-21(17)27-15)18-12-26-29-19(18)4-3-7-25-29/h2-5,7-8,10,12,14H,1,6,9,11,13H2,(H,23,27)(H,24,31)/t14-/m1/s1. The molecular formula is C22H21N7O2. The van der Waals surface area contributed by atoms with E-state index in [2.05, 4.69) is 32.1 Å². The van der Waals surface area contributed by atoms with Gasteiger partial charge in [-0.3, -0.25) is 9.59 Å². The van der Waals surface area contributed by atoms with Gasteiger partial charge < -0.3 is 15.2 Å². The number of fused-ring (bicyclic) bond motifs is 2. The van der Waals surface area contributed by atoms with E-state index in [-0.39, 0.29) is 17.7 Å². The molecule has 1 aliphatic rings. The summed E-state index contributed by atoms with van der Waals surface area (Å²) in [6.07, 6.45) is 7.18. The van der Waals surface area contributed by atoms with Gasteiger partial charge in [0, 0.05) is 42.1 Å². The minimum absolute atomic E-state index is 0.0556. The van der Waals surface area contributed by atoms with Crippen LogP contribution in [0.3, 0.4) is 0 Å². The molecule has 4 aromatic heterocycles. The quantitative estimate of drug-likeness (QED) is 0.484. The fraction of sp³-hybridized carbons (Fsp3) is 0.227. The molecule has 0 aliphatic carbocycles. The van der Waals surface area contributed by atoms with Gasteiger partial charge >= 0.3 is 0 Å². The Morgan fingerprint density at radius 1 is 1.26 bits per heavy atom. The summed E-state index contributed by atoms with van der Waals surface area (Å²) in [4.78, 5) is 33.7. The molecule has 156 valence electrons. The van der Waals surface area contributed by atoms with Crippen LogP contribution in [-0.4, -0.2) is 54.6 Å². The summed E-state index contributed by atoms with van der Waals surface area (Å²) in [7, 11) is 0. The molecule has 5 heterocycles. The maximum absolute atomic E-state index is 12.6. The molecule has 4 aromatic rings. The second-order valence-corrected chi connectivity index (χ2v) is 7.56. The van der Waals surface area contributed by atoms with Crippen LogP contribution in [0.4, 0.5) is 0 Å². The topological polar surface area (TPSA) is 108 Å². The van der Waals surface area contributed by atoms with E-state index < -0.39 is 0 Å². The van der Waals surface area contributed by atoms with Crippen LogP contribution < -0.4 is 5.32 Å². The fourth-order valence-electron chi connectivity index (χ4n) is 4.08. The third-order valence-corrected chi connectivity index (χ3v) is 5.68. The highest BCUT2D eigenvalue weighted by Crippen LogP contribution is 2.30. The minimum atomic E-state index is -0.201. The van der Waals surface area contributed by atoms with Gasteiger partial charge in [0.2, 0.25) is 11.8 Å². The number of aromatic nitrogens is 5. The van der Waals surface area contributed by atoms with Gasteiger partial charge in [0.05, 0.1) is 24.2 Å². The molecule has 9 heteroatoms. The molecule has 0 bridgehead atoms. The summed E-state index contributed by atoms with van der Waals surface area (Å²) in [5, 5.41) is 12.5. The summed E-state index contributed by atoms with van der Waals surface area (Å²) in [5.41, 5.74) is 4.47. The van der Waals surface area contributed by atoms with Crippen molar-refractivity contribution in [1.29, 1.82) is 0 Å². The molecule has 1 fully saturated rings. The molecule has 2 amide bonds. The first-order valence-corrected chi connectivity index (χ1v) is 10.1. The maximum atomic E-state index is 12.6. The molecule has 0 aromatic carbocycles. The van der Waals surface area contributed by atoms with Crippen LogP contribution in [0.1, 0.15) is 12.1 Å². The van der Waals surface area contributed by atoms with E-state index in [1.54, 1.807) is 28.1 Å². The van der Waals surface area contributed by atoms with Crippen LogP contribution in [0, 0.1) is 5.92 Å². The number of hydrogen-bond donors (Lipinski definition) is 2. The molecule has 1 aliphatic heterocycles. The van der Waals surface area contributed by atoms with Crippen LogP contribution in [0.2, 0.25) is 0 Å². The number of H-pyrrole nitrogens is 1. The SMILES string of the molecule is C=CC(=O)N1CC[C@@H](C(=O)NCc2cc3c(-c4cnn5ncccc45)ccnc3[nH]2)C1. The summed E-state index contributed by atoms with van der Waals surface area (Å²) < 4.78 is 1.59. The van der Waals surface area contributed by atoms with E-state index in [1.165, 1.54) is 6.08 Å². The lowest BCUT2D eigenvalue weighted by molar-refractivity contribution is -0.126. The number of likely N-dealkylation sites (tertiary alicyclic amines) is 1. The van der Waals surface area contributed by atoms with Crippen LogP contribution in [-0.2, 0) is 16.1 Å². The van der Waals surface area contributed by atoms with Gasteiger partial charge in [-0.25, -0.2) is 4.98 Å². The highest BCUT2D eigenvalue weighted by molar-refractivity contribution is 5.97. The van der Waals surface area contributed by atoms with Crippen molar-refractivity contribution in [3.8, 4) is 11.1 Å². The van der Waals surface area contributed by atoms with Gasteiger partial charge in [-0.1, -0.05) is 6.58 Å². The maximum Gasteiger partial charge on any atom is 0.245 e. The van der Waals surface area contributed by atoms with Gasteiger partial charge in [-0.15, -0.1) is 0 Å². The second kappa shape index (κ2) is 7.67. The van der Waals surface area contributed by atoms with Gasteiger partial charge in [0.15, 0.2) is 0 Å². The van der Waals surface area contributed by atoms with Crippen molar-refractivity contribution in [3.05, 3.63) is 61.2 Å². The molecule has 0 radical (unpaired) electrons. The molecule has 0 spiro atoms. The van der Waals surface area contributed by atoms with E-state index in [4.69, 9.17) is 0 Å². The first kappa shape index (κ1) is 19.0. The largest absolute Gasteiger partial charge is 0.350 e. The van der Waals surface area contributed by atoms with Crippen molar-refractivity contribution in [2.45, 2.75) is 13.0 Å². The third-order valence-electron chi connectivity index (χ3n) is 5.68. The fourth-order valence-corrected chi connectivity index (χ4v) is 4.08. The summed E-state index contributed by atoms with van der Waals surface area (Å²) >= 11 is 0. The van der Waals surface area contributed by atoms with E-state index in [0.29, 0.717) is 26.1 Å². The Bertz CT molecular complexity index is 1310. The number of carbonyl (C=O) groups is 2. The number of amides is 2. The lowest BCUT2D eigenvalue weighted by Gasteiger charge is -2.14. The molecule has 0 unspecified atom stereocenters. The van der Waals surface area contributed by atoms with Crippen LogP contribution in [0.25, 0.3) is 27.7 Å². The monoisotopic (exact) mass is 415 g/mol. The molecule has 31 heavy (non-hydrogen) atoms. The number of rotatable bonds is 5. The highest BCUT2D eigenvalue weighted by atomic mass is 16.2. The normalized spacial score (nSPS) is 16.1. The zero-order valence-corrected chi connectivity index (χ0v) is 16.8. The Hall–Kier alpha value is -4.01. The Kier molecular flexibility index (Phi) is 4.70. The summed E-state index contributed by atoms with van der Waals surface area (Å²) in [5.74, 6) is -0.388. The smallest absolute Gasteiger partial charge is 0.245 e.